The molecule has 0 aliphatic carbocycles. The molecule has 1 fully saturated rings. The summed E-state index contributed by atoms with van der Waals surface area (Å²) in [6, 6.07) is 3.42. The maximum absolute atomic E-state index is 13.8. The van der Waals surface area contributed by atoms with E-state index in [2.05, 4.69) is 4.98 Å². The molecule has 1 saturated heterocycles. The Balaban J connectivity index is 2.11. The molecule has 0 saturated carbocycles. The van der Waals surface area contributed by atoms with Crippen molar-refractivity contribution < 1.29 is 9.18 Å². The molecule has 0 aromatic carbocycles. The number of hydrogen-bond acceptors (Lipinski definition) is 2. The van der Waals surface area contributed by atoms with Crippen LogP contribution in [-0.4, -0.2) is 34.5 Å². The Bertz CT molecular complexity index is 378. The molecule has 1 unspecified atom stereocenters. The fraction of sp³-hybridized carbons (Fsp3) is 0.500. The van der Waals surface area contributed by atoms with Gasteiger partial charge in [-0.15, -0.1) is 0 Å². The second-order valence-electron chi connectivity index (χ2n) is 4.49. The van der Waals surface area contributed by atoms with Crippen LogP contribution < -0.4 is 0 Å². The largest absolute Gasteiger partial charge is 0.335 e. The van der Waals surface area contributed by atoms with E-state index in [0.717, 1.165) is 6.42 Å². The SMILES string of the molecule is CC1(F)CCCN(C(=O)c2cccnc2)C1. The molecule has 4 heteroatoms. The topological polar surface area (TPSA) is 33.2 Å². The number of halogens is 1. The first-order valence-corrected chi connectivity index (χ1v) is 5.47. The zero-order valence-electron chi connectivity index (χ0n) is 9.32. The molecule has 1 atom stereocenters. The highest BCUT2D eigenvalue weighted by atomic mass is 19.1. The molecular formula is C12H15FN2O. The summed E-state index contributed by atoms with van der Waals surface area (Å²) in [5.41, 5.74) is -0.726. The van der Waals surface area contributed by atoms with Gasteiger partial charge in [0.25, 0.3) is 5.91 Å². The molecule has 1 aliphatic heterocycles. The molecule has 86 valence electrons. The van der Waals surface area contributed by atoms with Crippen LogP contribution in [0.5, 0.6) is 0 Å². The number of nitrogens with zero attached hydrogens (tertiary/aromatic N) is 2. The van der Waals surface area contributed by atoms with Crippen LogP contribution >= 0.6 is 0 Å². The first-order chi connectivity index (χ1) is 7.58. The van der Waals surface area contributed by atoms with E-state index in [1.807, 2.05) is 0 Å². The van der Waals surface area contributed by atoms with Gasteiger partial charge in [0.2, 0.25) is 0 Å². The van der Waals surface area contributed by atoms with Gasteiger partial charge in [0.15, 0.2) is 0 Å². The number of hydrogen-bond donors (Lipinski definition) is 0. The molecule has 1 amide bonds. The van der Waals surface area contributed by atoms with E-state index in [4.69, 9.17) is 0 Å². The average Bonchev–Trinajstić information content (AvgIpc) is 2.28. The lowest BCUT2D eigenvalue weighted by Crippen LogP contribution is -2.46. The number of aromatic nitrogens is 1. The minimum Gasteiger partial charge on any atom is -0.335 e. The fourth-order valence-electron chi connectivity index (χ4n) is 2.04. The monoisotopic (exact) mass is 222 g/mol. The van der Waals surface area contributed by atoms with Crippen LogP contribution in [0.3, 0.4) is 0 Å². The Morgan fingerprint density at radius 2 is 2.44 bits per heavy atom. The lowest BCUT2D eigenvalue weighted by Gasteiger charge is -2.35. The summed E-state index contributed by atoms with van der Waals surface area (Å²) in [6.45, 7) is 2.36. The van der Waals surface area contributed by atoms with Crippen molar-refractivity contribution in [3.05, 3.63) is 30.1 Å². The van der Waals surface area contributed by atoms with E-state index in [1.54, 1.807) is 30.2 Å². The number of amides is 1. The predicted octanol–water partition coefficient (Wildman–Crippen LogP) is 2.05. The maximum Gasteiger partial charge on any atom is 0.255 e. The van der Waals surface area contributed by atoms with Gasteiger partial charge in [0.05, 0.1) is 12.1 Å². The third-order valence-corrected chi connectivity index (χ3v) is 2.84. The normalized spacial score (nSPS) is 25.5. The Hall–Kier alpha value is -1.45. The van der Waals surface area contributed by atoms with Gasteiger partial charge in [0.1, 0.15) is 5.67 Å². The number of rotatable bonds is 1. The molecule has 0 radical (unpaired) electrons. The summed E-state index contributed by atoms with van der Waals surface area (Å²) in [5.74, 6) is -0.128. The summed E-state index contributed by atoms with van der Waals surface area (Å²) in [4.78, 5) is 17.5. The van der Waals surface area contributed by atoms with Crippen molar-refractivity contribution >= 4 is 5.91 Å². The zero-order chi connectivity index (χ0) is 11.6. The third kappa shape index (κ3) is 2.38. The minimum atomic E-state index is -1.25. The van der Waals surface area contributed by atoms with Crippen molar-refractivity contribution in [3.8, 4) is 0 Å². The predicted molar refractivity (Wildman–Crippen MR) is 58.9 cm³/mol. The summed E-state index contributed by atoms with van der Waals surface area (Å²) in [6.07, 6.45) is 4.39. The summed E-state index contributed by atoms with van der Waals surface area (Å²) >= 11 is 0. The van der Waals surface area contributed by atoms with Crippen molar-refractivity contribution in [2.24, 2.45) is 0 Å². The zero-order valence-corrected chi connectivity index (χ0v) is 9.32. The van der Waals surface area contributed by atoms with Gasteiger partial charge in [-0.1, -0.05) is 0 Å². The minimum absolute atomic E-state index is 0.128. The van der Waals surface area contributed by atoms with E-state index < -0.39 is 5.67 Å². The van der Waals surface area contributed by atoms with Crippen molar-refractivity contribution in [2.45, 2.75) is 25.4 Å². The first-order valence-electron chi connectivity index (χ1n) is 5.47. The molecule has 2 rings (SSSR count). The number of likely N-dealkylation sites (tertiary alicyclic amines) is 1. The quantitative estimate of drug-likeness (QED) is 0.728. The van der Waals surface area contributed by atoms with Crippen LogP contribution in [0, 0.1) is 0 Å². The van der Waals surface area contributed by atoms with Gasteiger partial charge in [-0.05, 0) is 31.9 Å². The van der Waals surface area contributed by atoms with Crippen LogP contribution in [-0.2, 0) is 0 Å². The molecule has 2 heterocycles. The van der Waals surface area contributed by atoms with Gasteiger partial charge in [0, 0.05) is 18.9 Å². The van der Waals surface area contributed by atoms with E-state index in [9.17, 15) is 9.18 Å². The highest BCUT2D eigenvalue weighted by molar-refractivity contribution is 5.94. The van der Waals surface area contributed by atoms with E-state index in [1.165, 1.54) is 6.20 Å². The Morgan fingerprint density at radius 1 is 1.62 bits per heavy atom. The van der Waals surface area contributed by atoms with Crippen LogP contribution in [0.25, 0.3) is 0 Å². The fourth-order valence-corrected chi connectivity index (χ4v) is 2.04. The Kier molecular flexibility index (Phi) is 2.90. The number of pyridine rings is 1. The third-order valence-electron chi connectivity index (χ3n) is 2.84. The Labute approximate surface area is 94.3 Å². The molecule has 1 aromatic heterocycles. The molecule has 1 aliphatic rings. The Morgan fingerprint density at radius 3 is 3.06 bits per heavy atom. The molecule has 0 N–H and O–H groups in total. The van der Waals surface area contributed by atoms with Crippen LogP contribution in [0.4, 0.5) is 4.39 Å². The highest BCUT2D eigenvalue weighted by Crippen LogP contribution is 2.25. The van der Waals surface area contributed by atoms with Crippen molar-refractivity contribution in [3.63, 3.8) is 0 Å². The molecule has 16 heavy (non-hydrogen) atoms. The maximum atomic E-state index is 13.8. The van der Waals surface area contributed by atoms with Gasteiger partial charge < -0.3 is 4.90 Å². The lowest BCUT2D eigenvalue weighted by molar-refractivity contribution is 0.0417. The smallest absolute Gasteiger partial charge is 0.255 e. The van der Waals surface area contributed by atoms with Gasteiger partial charge >= 0.3 is 0 Å². The van der Waals surface area contributed by atoms with E-state index in [-0.39, 0.29) is 12.5 Å². The van der Waals surface area contributed by atoms with Crippen LogP contribution in [0.2, 0.25) is 0 Å². The standard InChI is InChI=1S/C12H15FN2O/c1-12(13)5-3-7-15(9-12)11(16)10-4-2-6-14-8-10/h2,4,6,8H,3,5,7,9H2,1H3. The second-order valence-corrected chi connectivity index (χ2v) is 4.49. The molecule has 1 aromatic rings. The molecule has 3 nitrogen and oxygen atoms in total. The van der Waals surface area contributed by atoms with E-state index in [0.29, 0.717) is 18.5 Å². The van der Waals surface area contributed by atoms with Gasteiger partial charge in [-0.2, -0.15) is 0 Å². The lowest BCUT2D eigenvalue weighted by atomic mass is 9.96. The summed E-state index contributed by atoms with van der Waals surface area (Å²) in [5, 5.41) is 0. The average molecular weight is 222 g/mol. The van der Waals surface area contributed by atoms with Gasteiger partial charge in [-0.3, -0.25) is 9.78 Å². The van der Waals surface area contributed by atoms with Crippen LogP contribution in [0.15, 0.2) is 24.5 Å². The first kappa shape index (κ1) is 11.0. The summed E-state index contributed by atoms with van der Waals surface area (Å²) in [7, 11) is 0. The van der Waals surface area contributed by atoms with E-state index >= 15 is 0 Å². The number of carbonyl (C=O) groups is 1. The molecular weight excluding hydrogens is 207 g/mol. The number of alkyl halides is 1. The van der Waals surface area contributed by atoms with Crippen LogP contribution in [0.1, 0.15) is 30.1 Å². The number of piperidine rings is 1. The summed E-state index contributed by atoms with van der Waals surface area (Å²) < 4.78 is 13.8. The number of carbonyl (C=O) groups excluding carboxylic acids is 1. The van der Waals surface area contributed by atoms with Gasteiger partial charge in [-0.25, -0.2) is 4.39 Å². The highest BCUT2D eigenvalue weighted by Gasteiger charge is 2.33. The molecule has 0 bridgehead atoms. The molecule has 0 spiro atoms. The van der Waals surface area contributed by atoms with Crippen molar-refractivity contribution in [1.82, 2.24) is 9.88 Å². The van der Waals surface area contributed by atoms with Crippen molar-refractivity contribution in [1.29, 1.82) is 0 Å². The van der Waals surface area contributed by atoms with Crippen molar-refractivity contribution in [2.75, 3.05) is 13.1 Å². The second kappa shape index (κ2) is 4.20.